The summed E-state index contributed by atoms with van der Waals surface area (Å²) in [6.07, 6.45) is 2.83. The number of nitrogens with one attached hydrogen (secondary N) is 1. The predicted octanol–water partition coefficient (Wildman–Crippen LogP) is 2.46. The normalized spacial score (nSPS) is 11.1. The van der Waals surface area contributed by atoms with Gasteiger partial charge in [0, 0.05) is 12.8 Å². The van der Waals surface area contributed by atoms with Crippen LogP contribution in [0.3, 0.4) is 0 Å². The van der Waals surface area contributed by atoms with Crippen LogP contribution in [0.2, 0.25) is 0 Å². The van der Waals surface area contributed by atoms with E-state index in [4.69, 9.17) is 0 Å². The van der Waals surface area contributed by atoms with Gasteiger partial charge in [-0.25, -0.2) is 8.42 Å². The topological polar surface area (TPSA) is 92.3 Å². The molecule has 1 aromatic heterocycles. The second-order valence-electron chi connectivity index (χ2n) is 4.67. The number of hydrogen-bond acceptors (Lipinski definition) is 7. The number of amides is 1. The minimum absolute atomic E-state index is 0.237. The highest BCUT2D eigenvalue weighted by Crippen LogP contribution is 2.27. The Hall–Kier alpha value is -1.91. The van der Waals surface area contributed by atoms with Crippen molar-refractivity contribution in [3.8, 4) is 0 Å². The Labute approximate surface area is 148 Å². The van der Waals surface area contributed by atoms with Crippen molar-refractivity contribution >= 4 is 49.8 Å². The largest absolute Gasteiger partial charge is 0.296 e. The third-order valence-corrected chi connectivity index (χ3v) is 6.10. The Balaban J connectivity index is 2.21. The van der Waals surface area contributed by atoms with Crippen molar-refractivity contribution in [2.45, 2.75) is 4.34 Å². The van der Waals surface area contributed by atoms with Crippen LogP contribution in [0.4, 0.5) is 10.8 Å². The smallest absolute Gasteiger partial charge is 0.259 e. The van der Waals surface area contributed by atoms with E-state index in [-0.39, 0.29) is 5.56 Å². The molecule has 0 spiro atoms. The predicted molar refractivity (Wildman–Crippen MR) is 98.5 cm³/mol. The van der Waals surface area contributed by atoms with Gasteiger partial charge in [-0.1, -0.05) is 41.3 Å². The van der Waals surface area contributed by atoms with Crippen molar-refractivity contribution in [2.24, 2.45) is 0 Å². The number of rotatable bonds is 7. The number of nitrogens with zero attached hydrogens (tertiary/aromatic N) is 3. The molecule has 1 aromatic carbocycles. The Morgan fingerprint density at radius 3 is 2.79 bits per heavy atom. The zero-order valence-electron chi connectivity index (χ0n) is 13.1. The second-order valence-corrected chi connectivity index (χ2v) is 8.93. The molecule has 0 bridgehead atoms. The summed E-state index contributed by atoms with van der Waals surface area (Å²) in [6, 6.07) is 6.46. The van der Waals surface area contributed by atoms with Crippen LogP contribution in [0.25, 0.3) is 0 Å². The SMILES string of the molecule is C=CCSc1nnc(NC(=O)c2ccccc2N(C)S(C)(=O)=O)s1. The van der Waals surface area contributed by atoms with Gasteiger partial charge in [0.2, 0.25) is 15.2 Å². The lowest BCUT2D eigenvalue weighted by atomic mass is 10.1. The molecule has 0 saturated carbocycles. The number of aromatic nitrogens is 2. The first kappa shape index (κ1) is 18.4. The molecule has 0 aliphatic carbocycles. The third-order valence-electron chi connectivity index (χ3n) is 2.94. The molecule has 2 aromatic rings. The summed E-state index contributed by atoms with van der Waals surface area (Å²) < 4.78 is 25.2. The van der Waals surface area contributed by atoms with Gasteiger partial charge in [0.25, 0.3) is 5.91 Å². The fraction of sp³-hybridized carbons (Fsp3) is 0.214. The number of benzene rings is 1. The lowest BCUT2D eigenvalue weighted by Gasteiger charge is -2.19. The van der Waals surface area contributed by atoms with Gasteiger partial charge in [-0.3, -0.25) is 14.4 Å². The number of carbonyl (C=O) groups is 1. The van der Waals surface area contributed by atoms with Gasteiger partial charge in [-0.05, 0) is 12.1 Å². The molecule has 1 heterocycles. The Morgan fingerprint density at radius 2 is 2.12 bits per heavy atom. The fourth-order valence-electron chi connectivity index (χ4n) is 1.73. The molecule has 7 nitrogen and oxygen atoms in total. The molecule has 0 unspecified atom stereocenters. The van der Waals surface area contributed by atoms with Crippen molar-refractivity contribution in [2.75, 3.05) is 28.7 Å². The van der Waals surface area contributed by atoms with Crippen molar-refractivity contribution < 1.29 is 13.2 Å². The zero-order chi connectivity index (χ0) is 17.7. The molecule has 0 saturated heterocycles. The lowest BCUT2D eigenvalue weighted by molar-refractivity contribution is 0.102. The average molecular weight is 385 g/mol. The number of carbonyl (C=O) groups excluding carboxylic acids is 1. The van der Waals surface area contributed by atoms with Gasteiger partial charge < -0.3 is 0 Å². The van der Waals surface area contributed by atoms with Crippen LogP contribution in [0, 0.1) is 0 Å². The number of para-hydroxylation sites is 1. The van der Waals surface area contributed by atoms with Gasteiger partial charge in [-0.2, -0.15) is 0 Å². The third kappa shape index (κ3) is 4.56. The highest BCUT2D eigenvalue weighted by molar-refractivity contribution is 8.01. The second kappa shape index (κ2) is 7.77. The number of sulfonamides is 1. The van der Waals surface area contributed by atoms with Crippen LogP contribution in [-0.4, -0.2) is 43.6 Å². The molecule has 0 atom stereocenters. The van der Waals surface area contributed by atoms with Crippen LogP contribution in [0.1, 0.15) is 10.4 Å². The summed E-state index contributed by atoms with van der Waals surface area (Å²) in [6.45, 7) is 3.63. The van der Waals surface area contributed by atoms with Crippen molar-refractivity contribution in [3.63, 3.8) is 0 Å². The molecule has 0 aliphatic rings. The molecule has 1 amide bonds. The quantitative estimate of drug-likeness (QED) is 0.448. The van der Waals surface area contributed by atoms with Crippen LogP contribution < -0.4 is 9.62 Å². The summed E-state index contributed by atoms with van der Waals surface area (Å²) in [5.41, 5.74) is 0.532. The summed E-state index contributed by atoms with van der Waals surface area (Å²) in [7, 11) is -2.08. The monoisotopic (exact) mass is 384 g/mol. The van der Waals surface area contributed by atoms with Crippen molar-refractivity contribution in [1.82, 2.24) is 10.2 Å². The van der Waals surface area contributed by atoms with Gasteiger partial charge >= 0.3 is 0 Å². The van der Waals surface area contributed by atoms with Crippen molar-refractivity contribution in [3.05, 3.63) is 42.5 Å². The zero-order valence-corrected chi connectivity index (χ0v) is 15.5. The molecular weight excluding hydrogens is 368 g/mol. The summed E-state index contributed by atoms with van der Waals surface area (Å²) in [4.78, 5) is 12.5. The Bertz CT molecular complexity index is 848. The van der Waals surface area contributed by atoms with Crippen LogP contribution in [0.15, 0.2) is 41.3 Å². The van der Waals surface area contributed by atoms with E-state index in [0.717, 1.165) is 10.6 Å². The lowest BCUT2D eigenvalue weighted by Crippen LogP contribution is -2.27. The maximum Gasteiger partial charge on any atom is 0.259 e. The van der Waals surface area contributed by atoms with Crippen molar-refractivity contribution in [1.29, 1.82) is 0 Å². The first-order chi connectivity index (χ1) is 11.3. The molecule has 128 valence electrons. The van der Waals surface area contributed by atoms with E-state index in [9.17, 15) is 13.2 Å². The van der Waals surface area contributed by atoms with E-state index < -0.39 is 15.9 Å². The van der Waals surface area contributed by atoms with E-state index in [1.807, 2.05) is 0 Å². The van der Waals surface area contributed by atoms with Crippen LogP contribution in [-0.2, 0) is 10.0 Å². The van der Waals surface area contributed by atoms with E-state index in [1.165, 1.54) is 30.1 Å². The average Bonchev–Trinajstić information content (AvgIpc) is 2.98. The highest BCUT2D eigenvalue weighted by Gasteiger charge is 2.20. The standard InChI is InChI=1S/C14H16N4O3S3/c1-4-9-22-14-17-16-13(23-14)15-12(19)10-7-5-6-8-11(10)18(2)24(3,20)21/h4-8H,1,9H2,2-3H3,(H,15,16,19). The van der Waals surface area contributed by atoms with Gasteiger partial charge in [-0.15, -0.1) is 16.8 Å². The Morgan fingerprint density at radius 1 is 1.42 bits per heavy atom. The van der Waals surface area contributed by atoms with Gasteiger partial charge in [0.15, 0.2) is 4.34 Å². The van der Waals surface area contributed by atoms with Gasteiger partial charge in [0.05, 0.1) is 17.5 Å². The molecule has 0 radical (unpaired) electrons. The minimum atomic E-state index is -3.48. The molecular formula is C14H16N4O3S3. The van der Waals surface area contributed by atoms with Crippen LogP contribution >= 0.6 is 23.1 Å². The highest BCUT2D eigenvalue weighted by atomic mass is 32.2. The summed E-state index contributed by atoms with van der Waals surface area (Å²) in [5.74, 6) is 0.252. The van der Waals surface area contributed by atoms with E-state index in [2.05, 4.69) is 22.1 Å². The fourth-order valence-corrected chi connectivity index (χ4v) is 3.76. The van der Waals surface area contributed by atoms with E-state index in [1.54, 1.807) is 30.3 Å². The first-order valence-corrected chi connectivity index (χ1v) is 10.4. The summed E-state index contributed by atoms with van der Waals surface area (Å²) in [5, 5.41) is 10.9. The molecule has 2 rings (SSSR count). The number of hydrogen-bond donors (Lipinski definition) is 1. The minimum Gasteiger partial charge on any atom is -0.296 e. The van der Waals surface area contributed by atoms with Gasteiger partial charge in [0.1, 0.15) is 0 Å². The number of thioether (sulfide) groups is 1. The summed E-state index contributed by atoms with van der Waals surface area (Å²) >= 11 is 2.71. The van der Waals surface area contributed by atoms with E-state index in [0.29, 0.717) is 20.9 Å². The maximum absolute atomic E-state index is 12.5. The first-order valence-electron chi connectivity index (χ1n) is 6.74. The molecule has 0 fully saturated rings. The molecule has 10 heteroatoms. The van der Waals surface area contributed by atoms with Crippen LogP contribution in [0.5, 0.6) is 0 Å². The Kier molecular flexibility index (Phi) is 5.97. The molecule has 0 aliphatic heterocycles. The molecule has 24 heavy (non-hydrogen) atoms. The van der Waals surface area contributed by atoms with E-state index >= 15 is 0 Å². The number of anilines is 2. The maximum atomic E-state index is 12.5. The molecule has 1 N–H and O–H groups in total.